The van der Waals surface area contributed by atoms with E-state index >= 15 is 0 Å². The molecule has 2 heterocycles. The number of benzene rings is 1. The van der Waals surface area contributed by atoms with E-state index in [4.69, 9.17) is 10.1 Å². The largest absolute Gasteiger partial charge is 0.258 e. The van der Waals surface area contributed by atoms with Crippen LogP contribution in [0.2, 0.25) is 0 Å². The van der Waals surface area contributed by atoms with Crippen molar-refractivity contribution in [2.24, 2.45) is 0 Å². The first-order valence-electron chi connectivity index (χ1n) is 8.14. The summed E-state index contributed by atoms with van der Waals surface area (Å²) in [5.74, 6) is 0. The van der Waals surface area contributed by atoms with E-state index in [9.17, 15) is 0 Å². The Hall–Kier alpha value is -2.16. The highest BCUT2D eigenvalue weighted by Crippen LogP contribution is 2.31. The van der Waals surface area contributed by atoms with E-state index in [1.807, 2.05) is 6.92 Å². The van der Waals surface area contributed by atoms with Crippen molar-refractivity contribution < 1.29 is 0 Å². The second-order valence-electron chi connectivity index (χ2n) is 7.44. The molecule has 1 aromatic carbocycles. The van der Waals surface area contributed by atoms with E-state index in [2.05, 4.69) is 70.5 Å². The Labute approximate surface area is 138 Å². The van der Waals surface area contributed by atoms with Crippen LogP contribution in [0, 0.1) is 27.7 Å². The third-order valence-electron chi connectivity index (χ3n) is 4.51. The van der Waals surface area contributed by atoms with Crippen molar-refractivity contribution in [1.29, 1.82) is 0 Å². The zero-order valence-electron chi connectivity index (χ0n) is 15.2. The summed E-state index contributed by atoms with van der Waals surface area (Å²) in [6, 6.07) is 8.64. The summed E-state index contributed by atoms with van der Waals surface area (Å²) in [5, 5.41) is 4.73. The molecule has 0 aliphatic rings. The van der Waals surface area contributed by atoms with Crippen LogP contribution in [0.5, 0.6) is 0 Å². The summed E-state index contributed by atoms with van der Waals surface area (Å²) >= 11 is 0. The third-order valence-corrected chi connectivity index (χ3v) is 4.51. The first-order chi connectivity index (χ1) is 10.7. The van der Waals surface area contributed by atoms with Crippen LogP contribution < -0.4 is 0 Å². The molecular weight excluding hydrogens is 282 g/mol. The van der Waals surface area contributed by atoms with E-state index in [-0.39, 0.29) is 5.54 Å². The monoisotopic (exact) mass is 307 g/mol. The number of pyridine rings is 1. The van der Waals surface area contributed by atoms with E-state index in [1.165, 1.54) is 22.3 Å². The summed E-state index contributed by atoms with van der Waals surface area (Å²) < 4.78 is 2.09. The fourth-order valence-corrected chi connectivity index (χ4v) is 3.07. The zero-order chi connectivity index (χ0) is 16.9. The van der Waals surface area contributed by atoms with Crippen molar-refractivity contribution >= 4 is 11.0 Å². The Kier molecular flexibility index (Phi) is 3.55. The third kappa shape index (κ3) is 2.54. The maximum Gasteiger partial charge on any atom is 0.112 e. The molecule has 0 bridgehead atoms. The maximum absolute atomic E-state index is 5.00. The quantitative estimate of drug-likeness (QED) is 0.627. The smallest absolute Gasteiger partial charge is 0.112 e. The fraction of sp³-hybridized carbons (Fsp3) is 0.400. The molecule has 0 spiro atoms. The Balaban J connectivity index is 2.32. The Bertz CT molecular complexity index is 895. The van der Waals surface area contributed by atoms with Gasteiger partial charge in [0, 0.05) is 5.56 Å². The summed E-state index contributed by atoms with van der Waals surface area (Å²) in [7, 11) is 0. The van der Waals surface area contributed by atoms with E-state index in [0.29, 0.717) is 0 Å². The number of fused-ring (bicyclic) bond motifs is 1. The molecule has 0 radical (unpaired) electrons. The Morgan fingerprint density at radius 2 is 1.65 bits per heavy atom. The molecule has 0 aliphatic heterocycles. The summed E-state index contributed by atoms with van der Waals surface area (Å²) in [6.07, 6.45) is 0. The molecule has 0 N–H and O–H groups in total. The minimum absolute atomic E-state index is 0.0542. The van der Waals surface area contributed by atoms with Crippen molar-refractivity contribution in [1.82, 2.24) is 14.8 Å². The molecule has 0 unspecified atom stereocenters. The van der Waals surface area contributed by atoms with Gasteiger partial charge < -0.3 is 0 Å². The van der Waals surface area contributed by atoms with E-state index in [1.54, 1.807) is 0 Å². The number of nitrogens with zero attached hydrogens (tertiary/aromatic N) is 3. The normalized spacial score (nSPS) is 12.1. The Morgan fingerprint density at radius 3 is 2.30 bits per heavy atom. The van der Waals surface area contributed by atoms with Crippen LogP contribution in [0.25, 0.3) is 22.3 Å². The van der Waals surface area contributed by atoms with Gasteiger partial charge in [0.1, 0.15) is 5.52 Å². The van der Waals surface area contributed by atoms with Crippen LogP contribution in [-0.4, -0.2) is 14.8 Å². The van der Waals surface area contributed by atoms with Gasteiger partial charge in [0.05, 0.1) is 22.4 Å². The molecule has 23 heavy (non-hydrogen) atoms. The summed E-state index contributed by atoms with van der Waals surface area (Å²) in [6.45, 7) is 15.0. The lowest BCUT2D eigenvalue weighted by Gasteiger charge is -2.20. The van der Waals surface area contributed by atoms with Gasteiger partial charge in [-0.2, -0.15) is 5.10 Å². The van der Waals surface area contributed by atoms with Crippen molar-refractivity contribution in [3.8, 4) is 11.3 Å². The number of hydrogen-bond donors (Lipinski definition) is 0. The topological polar surface area (TPSA) is 30.7 Å². The standard InChI is InChI=1S/C20H25N3/c1-12-9-8-10-16(14(12)3)18-13(2)11-17-19(21-18)15(4)22-23(17)20(5,6)7/h8-11H,1-7H3. The van der Waals surface area contributed by atoms with Crippen LogP contribution in [-0.2, 0) is 5.54 Å². The van der Waals surface area contributed by atoms with Crippen LogP contribution in [0.4, 0.5) is 0 Å². The molecule has 0 amide bonds. The van der Waals surface area contributed by atoms with Crippen molar-refractivity contribution in [3.63, 3.8) is 0 Å². The SMILES string of the molecule is Cc1cc2c(nc1-c1cccc(C)c1C)c(C)nn2C(C)(C)C. The molecule has 3 nitrogen and oxygen atoms in total. The zero-order valence-corrected chi connectivity index (χ0v) is 15.2. The Morgan fingerprint density at radius 1 is 0.957 bits per heavy atom. The highest BCUT2D eigenvalue weighted by molar-refractivity contribution is 5.83. The molecule has 0 saturated carbocycles. The first-order valence-corrected chi connectivity index (χ1v) is 8.14. The van der Waals surface area contributed by atoms with Crippen molar-refractivity contribution in [2.75, 3.05) is 0 Å². The molecular formula is C20H25N3. The van der Waals surface area contributed by atoms with Gasteiger partial charge in [-0.1, -0.05) is 18.2 Å². The number of rotatable bonds is 1. The second-order valence-corrected chi connectivity index (χ2v) is 7.44. The summed E-state index contributed by atoms with van der Waals surface area (Å²) in [5.41, 5.74) is 9.11. The predicted molar refractivity (Wildman–Crippen MR) is 96.9 cm³/mol. The van der Waals surface area contributed by atoms with Gasteiger partial charge in [0.2, 0.25) is 0 Å². The molecule has 120 valence electrons. The lowest BCUT2D eigenvalue weighted by molar-refractivity contribution is 0.366. The van der Waals surface area contributed by atoms with Gasteiger partial charge >= 0.3 is 0 Å². The molecule has 3 rings (SSSR count). The minimum atomic E-state index is -0.0542. The molecule has 3 aromatic rings. The van der Waals surface area contributed by atoms with Gasteiger partial charge in [0.25, 0.3) is 0 Å². The van der Waals surface area contributed by atoms with Gasteiger partial charge in [-0.15, -0.1) is 0 Å². The van der Waals surface area contributed by atoms with Crippen molar-refractivity contribution in [3.05, 3.63) is 46.6 Å². The van der Waals surface area contributed by atoms with E-state index < -0.39 is 0 Å². The number of hydrogen-bond acceptors (Lipinski definition) is 2. The number of aromatic nitrogens is 3. The fourth-order valence-electron chi connectivity index (χ4n) is 3.07. The van der Waals surface area contributed by atoms with Gasteiger partial charge in [-0.25, -0.2) is 4.98 Å². The maximum atomic E-state index is 5.00. The predicted octanol–water partition coefficient (Wildman–Crippen LogP) is 5.09. The average Bonchev–Trinajstić information content (AvgIpc) is 2.78. The lowest BCUT2D eigenvalue weighted by Crippen LogP contribution is -2.23. The molecule has 0 fully saturated rings. The second kappa shape index (κ2) is 5.19. The van der Waals surface area contributed by atoms with Crippen LogP contribution in [0.1, 0.15) is 43.2 Å². The average molecular weight is 307 g/mol. The van der Waals surface area contributed by atoms with Crippen LogP contribution in [0.3, 0.4) is 0 Å². The van der Waals surface area contributed by atoms with Crippen molar-refractivity contribution in [2.45, 2.75) is 54.0 Å². The highest BCUT2D eigenvalue weighted by atomic mass is 15.3. The van der Waals surface area contributed by atoms with Gasteiger partial charge in [-0.3, -0.25) is 4.68 Å². The molecule has 2 aromatic heterocycles. The minimum Gasteiger partial charge on any atom is -0.258 e. The van der Waals surface area contributed by atoms with E-state index in [0.717, 1.165) is 22.4 Å². The van der Waals surface area contributed by atoms with Gasteiger partial charge in [-0.05, 0) is 71.2 Å². The van der Waals surface area contributed by atoms with Crippen LogP contribution in [0.15, 0.2) is 24.3 Å². The summed E-state index contributed by atoms with van der Waals surface area (Å²) in [4.78, 5) is 5.00. The molecule has 0 aliphatic carbocycles. The molecule has 3 heteroatoms. The first kappa shape index (κ1) is 15.7. The lowest BCUT2D eigenvalue weighted by atomic mass is 9.97. The highest BCUT2D eigenvalue weighted by Gasteiger charge is 2.21. The van der Waals surface area contributed by atoms with Gasteiger partial charge in [0.15, 0.2) is 0 Å². The molecule has 0 saturated heterocycles. The molecule has 0 atom stereocenters. The number of aryl methyl sites for hydroxylation is 3. The van der Waals surface area contributed by atoms with Crippen LogP contribution >= 0.6 is 0 Å².